The minimum Gasteiger partial charge on any atom is -0.397 e. The van der Waals surface area contributed by atoms with E-state index in [0.717, 1.165) is 44.8 Å². The molecule has 0 saturated carbocycles. The van der Waals surface area contributed by atoms with Gasteiger partial charge in [0.2, 0.25) is 0 Å². The van der Waals surface area contributed by atoms with Crippen LogP contribution in [0.15, 0.2) is 36.4 Å². The highest BCUT2D eigenvalue weighted by molar-refractivity contribution is 6.34. The normalized spacial score (nSPS) is 15.0. The van der Waals surface area contributed by atoms with Gasteiger partial charge in [0.25, 0.3) is 5.91 Å². The number of aryl methyl sites for hydroxylation is 1. The zero-order chi connectivity index (χ0) is 19.4. The molecule has 1 aliphatic heterocycles. The van der Waals surface area contributed by atoms with E-state index in [1.54, 1.807) is 6.07 Å². The van der Waals surface area contributed by atoms with Crippen molar-refractivity contribution in [3.8, 4) is 0 Å². The molecule has 0 aromatic heterocycles. The van der Waals surface area contributed by atoms with E-state index in [2.05, 4.69) is 29.0 Å². The molecular formula is C21H27ClN4O. The highest BCUT2D eigenvalue weighted by Gasteiger charge is 2.19. The molecule has 3 rings (SSSR count). The van der Waals surface area contributed by atoms with E-state index in [-0.39, 0.29) is 5.91 Å². The van der Waals surface area contributed by atoms with Crippen molar-refractivity contribution in [1.82, 2.24) is 4.90 Å². The molecule has 2 aromatic rings. The van der Waals surface area contributed by atoms with E-state index in [1.165, 1.54) is 5.56 Å². The molecule has 0 bridgehead atoms. The summed E-state index contributed by atoms with van der Waals surface area (Å²) >= 11 is 6.34. The van der Waals surface area contributed by atoms with E-state index in [9.17, 15) is 4.79 Å². The second kappa shape index (κ2) is 8.63. The van der Waals surface area contributed by atoms with E-state index in [4.69, 9.17) is 17.3 Å². The number of amides is 1. The van der Waals surface area contributed by atoms with Crippen LogP contribution in [0.2, 0.25) is 5.02 Å². The molecule has 5 nitrogen and oxygen atoms in total. The van der Waals surface area contributed by atoms with Gasteiger partial charge in [0.1, 0.15) is 0 Å². The zero-order valence-corrected chi connectivity index (χ0v) is 16.7. The van der Waals surface area contributed by atoms with Crippen LogP contribution in [0, 0.1) is 0 Å². The van der Waals surface area contributed by atoms with E-state index in [0.29, 0.717) is 22.0 Å². The van der Waals surface area contributed by atoms with E-state index < -0.39 is 0 Å². The van der Waals surface area contributed by atoms with E-state index in [1.807, 2.05) is 30.3 Å². The molecule has 1 amide bonds. The third kappa shape index (κ3) is 4.54. The molecule has 144 valence electrons. The number of benzene rings is 2. The summed E-state index contributed by atoms with van der Waals surface area (Å²) in [5.74, 6) is -0.175. The monoisotopic (exact) mass is 386 g/mol. The molecule has 1 fully saturated rings. The first-order valence-corrected chi connectivity index (χ1v) is 9.86. The van der Waals surface area contributed by atoms with Gasteiger partial charge in [-0.1, -0.05) is 37.6 Å². The number of piperazine rings is 1. The summed E-state index contributed by atoms with van der Waals surface area (Å²) in [5.41, 5.74) is 10.2. The number of rotatable bonds is 5. The Balaban J connectivity index is 1.78. The van der Waals surface area contributed by atoms with Crippen molar-refractivity contribution in [1.29, 1.82) is 0 Å². The average molecular weight is 387 g/mol. The Morgan fingerprint density at radius 2 is 1.78 bits per heavy atom. The lowest BCUT2D eigenvalue weighted by molar-refractivity contribution is 0.102. The third-order valence-electron chi connectivity index (χ3n) is 5.15. The third-order valence-corrected chi connectivity index (χ3v) is 5.46. The number of carbonyl (C=O) groups excluding carboxylic acids is 1. The van der Waals surface area contributed by atoms with Crippen LogP contribution in [-0.2, 0) is 6.42 Å². The molecule has 0 radical (unpaired) electrons. The van der Waals surface area contributed by atoms with Gasteiger partial charge in [-0.25, -0.2) is 0 Å². The number of nitrogens with two attached hydrogens (primary N) is 1. The first kappa shape index (κ1) is 19.5. The molecule has 0 atom stereocenters. The fourth-order valence-corrected chi connectivity index (χ4v) is 3.56. The zero-order valence-electron chi connectivity index (χ0n) is 16.0. The van der Waals surface area contributed by atoms with Gasteiger partial charge in [0, 0.05) is 31.7 Å². The number of nitrogen functional groups attached to an aromatic ring is 1. The summed E-state index contributed by atoms with van der Waals surface area (Å²) in [4.78, 5) is 17.3. The van der Waals surface area contributed by atoms with Crippen LogP contribution in [-0.4, -0.2) is 43.5 Å². The Kier molecular flexibility index (Phi) is 6.24. The van der Waals surface area contributed by atoms with Gasteiger partial charge >= 0.3 is 0 Å². The molecule has 27 heavy (non-hydrogen) atoms. The van der Waals surface area contributed by atoms with E-state index >= 15 is 0 Å². The van der Waals surface area contributed by atoms with Crippen LogP contribution >= 0.6 is 11.6 Å². The average Bonchev–Trinajstić information content (AvgIpc) is 2.70. The van der Waals surface area contributed by atoms with Gasteiger partial charge in [-0.15, -0.1) is 0 Å². The predicted octanol–water partition coefficient (Wildman–Crippen LogP) is 3.88. The number of hydrogen-bond acceptors (Lipinski definition) is 4. The van der Waals surface area contributed by atoms with Crippen LogP contribution in [0.5, 0.6) is 0 Å². The van der Waals surface area contributed by atoms with Crippen molar-refractivity contribution in [2.24, 2.45) is 0 Å². The highest BCUT2D eigenvalue weighted by atomic mass is 35.5. The topological polar surface area (TPSA) is 61.6 Å². The Morgan fingerprint density at radius 3 is 2.37 bits per heavy atom. The molecule has 1 aliphatic rings. The van der Waals surface area contributed by atoms with Gasteiger partial charge in [-0.05, 0) is 42.8 Å². The molecule has 2 aromatic carbocycles. The lowest BCUT2D eigenvalue weighted by Crippen LogP contribution is -2.46. The predicted molar refractivity (Wildman–Crippen MR) is 114 cm³/mol. The van der Waals surface area contributed by atoms with Gasteiger partial charge in [-0.2, -0.15) is 0 Å². The second-order valence-electron chi connectivity index (χ2n) is 6.82. The Labute approximate surface area is 166 Å². The van der Waals surface area contributed by atoms with Gasteiger partial charge < -0.3 is 20.9 Å². The molecule has 3 N–H and O–H groups in total. The first-order valence-electron chi connectivity index (χ1n) is 9.48. The second-order valence-corrected chi connectivity index (χ2v) is 7.22. The molecule has 0 aliphatic carbocycles. The van der Waals surface area contributed by atoms with Crippen molar-refractivity contribution in [2.75, 3.05) is 48.7 Å². The largest absolute Gasteiger partial charge is 0.397 e. The number of likely N-dealkylation sites (N-methyl/N-ethyl adjacent to an activating group) is 1. The van der Waals surface area contributed by atoms with Crippen molar-refractivity contribution < 1.29 is 4.79 Å². The van der Waals surface area contributed by atoms with Crippen molar-refractivity contribution in [3.05, 3.63) is 52.5 Å². The van der Waals surface area contributed by atoms with Crippen LogP contribution in [0.25, 0.3) is 0 Å². The maximum absolute atomic E-state index is 12.6. The van der Waals surface area contributed by atoms with Crippen LogP contribution in [0.4, 0.5) is 17.1 Å². The summed E-state index contributed by atoms with van der Waals surface area (Å²) in [6.45, 7) is 9.14. The van der Waals surface area contributed by atoms with Gasteiger partial charge in [0.15, 0.2) is 0 Å². The quantitative estimate of drug-likeness (QED) is 0.765. The summed E-state index contributed by atoms with van der Waals surface area (Å²) < 4.78 is 0. The molecule has 0 spiro atoms. The van der Waals surface area contributed by atoms with Crippen molar-refractivity contribution in [2.45, 2.75) is 20.3 Å². The van der Waals surface area contributed by atoms with Crippen LogP contribution in [0.3, 0.4) is 0 Å². The van der Waals surface area contributed by atoms with Crippen LogP contribution < -0.4 is 16.0 Å². The number of carbonyl (C=O) groups is 1. The van der Waals surface area contributed by atoms with Gasteiger partial charge in [0.05, 0.1) is 22.1 Å². The summed E-state index contributed by atoms with van der Waals surface area (Å²) in [6, 6.07) is 11.2. The first-order chi connectivity index (χ1) is 13.0. The Bertz CT molecular complexity index is 799. The molecule has 1 heterocycles. The fourth-order valence-electron chi connectivity index (χ4n) is 3.34. The highest BCUT2D eigenvalue weighted by Crippen LogP contribution is 2.34. The number of nitrogens with zero attached hydrogens (tertiary/aromatic N) is 2. The molecule has 0 unspecified atom stereocenters. The molecule has 6 heteroatoms. The number of anilines is 3. The fraction of sp³-hybridized carbons (Fsp3) is 0.381. The van der Waals surface area contributed by atoms with Crippen molar-refractivity contribution in [3.63, 3.8) is 0 Å². The van der Waals surface area contributed by atoms with Crippen molar-refractivity contribution >= 4 is 34.6 Å². The summed E-state index contributed by atoms with van der Waals surface area (Å²) in [5, 5.41) is 3.37. The number of nitrogens with one attached hydrogen (secondary N) is 1. The molecular weight excluding hydrogens is 360 g/mol. The lowest BCUT2D eigenvalue weighted by atomic mass is 10.1. The minimum atomic E-state index is -0.175. The standard InChI is InChI=1S/C21H27ClN4O/c1-3-15-5-7-16(8-6-15)21(27)24-19-14-20(18(23)13-17(19)22)26-11-9-25(4-2)10-12-26/h5-8,13-14H,3-4,9-12,23H2,1-2H3,(H,24,27). The number of hydrogen-bond donors (Lipinski definition) is 2. The summed E-state index contributed by atoms with van der Waals surface area (Å²) in [7, 11) is 0. The number of halogens is 1. The minimum absolute atomic E-state index is 0.175. The summed E-state index contributed by atoms with van der Waals surface area (Å²) in [6.07, 6.45) is 0.945. The smallest absolute Gasteiger partial charge is 0.255 e. The molecule has 1 saturated heterocycles. The maximum Gasteiger partial charge on any atom is 0.255 e. The Hall–Kier alpha value is -2.24. The SMILES string of the molecule is CCc1ccc(C(=O)Nc2cc(N3CCN(CC)CC3)c(N)cc2Cl)cc1. The van der Waals surface area contributed by atoms with Gasteiger partial charge in [-0.3, -0.25) is 4.79 Å². The Morgan fingerprint density at radius 1 is 1.11 bits per heavy atom. The van der Waals surface area contributed by atoms with Crippen LogP contribution in [0.1, 0.15) is 29.8 Å². The lowest BCUT2D eigenvalue weighted by Gasteiger charge is -2.36. The maximum atomic E-state index is 12.6.